The minimum atomic E-state index is 0.140. The van der Waals surface area contributed by atoms with Gasteiger partial charge in [0.15, 0.2) is 0 Å². The number of anilines is 1. The number of rotatable bonds is 5. The van der Waals surface area contributed by atoms with Crippen LogP contribution < -0.4 is 10.6 Å². The summed E-state index contributed by atoms with van der Waals surface area (Å²) in [6.07, 6.45) is 3.74. The van der Waals surface area contributed by atoms with Crippen LogP contribution in [-0.2, 0) is 0 Å². The van der Waals surface area contributed by atoms with E-state index in [2.05, 4.69) is 36.1 Å². The van der Waals surface area contributed by atoms with Gasteiger partial charge in [-0.25, -0.2) is 0 Å². The second-order valence-electron chi connectivity index (χ2n) is 5.52. The smallest absolute Gasteiger partial charge is 0.123 e. The van der Waals surface area contributed by atoms with Crippen molar-refractivity contribution in [3.8, 4) is 0 Å². The van der Waals surface area contributed by atoms with Gasteiger partial charge in [-0.3, -0.25) is 5.41 Å². The van der Waals surface area contributed by atoms with Crippen molar-refractivity contribution < 1.29 is 0 Å². The fourth-order valence-electron chi connectivity index (χ4n) is 2.90. The van der Waals surface area contributed by atoms with Crippen LogP contribution in [0.2, 0.25) is 0 Å². The topological polar surface area (TPSA) is 53.1 Å². The summed E-state index contributed by atoms with van der Waals surface area (Å²) in [5.74, 6) is 0.140. The first-order valence-electron chi connectivity index (χ1n) is 7.35. The molecular formula is C17H21N3. The monoisotopic (exact) mass is 267 g/mol. The average molecular weight is 267 g/mol. The highest BCUT2D eigenvalue weighted by Crippen LogP contribution is 2.36. The highest BCUT2D eigenvalue weighted by molar-refractivity contribution is 6.10. The lowest BCUT2D eigenvalue weighted by Crippen LogP contribution is -2.26. The summed E-state index contributed by atoms with van der Waals surface area (Å²) in [5.41, 5.74) is 7.82. The molecule has 2 aromatic carbocycles. The molecule has 3 nitrogen and oxygen atoms in total. The molecule has 2 aromatic rings. The second kappa shape index (κ2) is 5.16. The van der Waals surface area contributed by atoms with Crippen molar-refractivity contribution in [1.82, 2.24) is 0 Å². The van der Waals surface area contributed by atoms with E-state index in [4.69, 9.17) is 11.1 Å². The first-order valence-corrected chi connectivity index (χ1v) is 7.35. The van der Waals surface area contributed by atoms with Gasteiger partial charge in [-0.15, -0.1) is 0 Å². The highest BCUT2D eigenvalue weighted by atomic mass is 15.2. The van der Waals surface area contributed by atoms with Crippen LogP contribution in [-0.4, -0.2) is 18.4 Å². The molecule has 0 saturated heterocycles. The molecule has 1 aliphatic carbocycles. The largest absolute Gasteiger partial charge is 0.384 e. The third kappa shape index (κ3) is 2.24. The Bertz CT molecular complexity index is 644. The number of fused-ring (bicyclic) bond motifs is 1. The molecule has 20 heavy (non-hydrogen) atoms. The SMILES string of the molecule is CCCN(c1ccc(C(=N)N)c2ccccc12)C1CC1. The molecular weight excluding hydrogens is 246 g/mol. The van der Waals surface area contributed by atoms with E-state index in [0.717, 1.165) is 23.9 Å². The molecule has 3 N–H and O–H groups in total. The van der Waals surface area contributed by atoms with Crippen molar-refractivity contribution in [2.24, 2.45) is 5.73 Å². The molecule has 3 rings (SSSR count). The predicted octanol–water partition coefficient (Wildman–Crippen LogP) is 3.50. The zero-order valence-electron chi connectivity index (χ0n) is 11.9. The van der Waals surface area contributed by atoms with Gasteiger partial charge in [0.25, 0.3) is 0 Å². The van der Waals surface area contributed by atoms with Crippen LogP contribution in [0.3, 0.4) is 0 Å². The summed E-state index contributed by atoms with van der Waals surface area (Å²) in [4.78, 5) is 2.52. The minimum absolute atomic E-state index is 0.140. The molecule has 1 fully saturated rings. The normalized spacial score (nSPS) is 14.4. The standard InChI is InChI=1S/C17H21N3/c1-2-11-20(12-7-8-12)16-10-9-15(17(18)19)13-5-3-4-6-14(13)16/h3-6,9-10,12H,2,7-8,11H2,1H3,(H3,18,19). The van der Waals surface area contributed by atoms with E-state index >= 15 is 0 Å². The van der Waals surface area contributed by atoms with E-state index < -0.39 is 0 Å². The Morgan fingerprint density at radius 3 is 2.50 bits per heavy atom. The van der Waals surface area contributed by atoms with E-state index in [1.165, 1.54) is 23.9 Å². The van der Waals surface area contributed by atoms with Gasteiger partial charge < -0.3 is 10.6 Å². The predicted molar refractivity (Wildman–Crippen MR) is 85.6 cm³/mol. The summed E-state index contributed by atoms with van der Waals surface area (Å²) in [6.45, 7) is 3.32. The fourth-order valence-corrected chi connectivity index (χ4v) is 2.90. The highest BCUT2D eigenvalue weighted by Gasteiger charge is 2.29. The van der Waals surface area contributed by atoms with Gasteiger partial charge in [0.05, 0.1) is 0 Å². The number of hydrogen-bond acceptors (Lipinski definition) is 2. The molecule has 0 bridgehead atoms. The number of nitrogens with one attached hydrogen (secondary N) is 1. The van der Waals surface area contributed by atoms with Crippen LogP contribution in [0.1, 0.15) is 31.7 Å². The molecule has 1 saturated carbocycles. The molecule has 0 spiro atoms. The first-order chi connectivity index (χ1) is 9.72. The molecule has 0 heterocycles. The van der Waals surface area contributed by atoms with E-state index in [9.17, 15) is 0 Å². The van der Waals surface area contributed by atoms with Gasteiger partial charge in [-0.05, 0) is 36.8 Å². The number of nitrogen functional groups attached to an aromatic ring is 1. The lowest BCUT2D eigenvalue weighted by Gasteiger charge is -2.26. The summed E-state index contributed by atoms with van der Waals surface area (Å²) in [7, 11) is 0. The molecule has 0 unspecified atom stereocenters. The van der Waals surface area contributed by atoms with Crippen molar-refractivity contribution in [2.75, 3.05) is 11.4 Å². The number of nitrogens with zero attached hydrogens (tertiary/aromatic N) is 1. The van der Waals surface area contributed by atoms with Crippen molar-refractivity contribution in [1.29, 1.82) is 5.41 Å². The van der Waals surface area contributed by atoms with Crippen LogP contribution in [0.5, 0.6) is 0 Å². The van der Waals surface area contributed by atoms with Gasteiger partial charge in [0.1, 0.15) is 5.84 Å². The van der Waals surface area contributed by atoms with Gasteiger partial charge in [0.2, 0.25) is 0 Å². The van der Waals surface area contributed by atoms with Gasteiger partial charge in [-0.1, -0.05) is 31.2 Å². The van der Waals surface area contributed by atoms with Gasteiger partial charge in [0, 0.05) is 29.2 Å². The number of hydrogen-bond donors (Lipinski definition) is 2. The minimum Gasteiger partial charge on any atom is -0.384 e. The maximum absolute atomic E-state index is 7.74. The third-order valence-corrected chi connectivity index (χ3v) is 3.95. The zero-order chi connectivity index (χ0) is 14.1. The van der Waals surface area contributed by atoms with Crippen LogP contribution in [0, 0.1) is 5.41 Å². The Morgan fingerprint density at radius 1 is 1.20 bits per heavy atom. The van der Waals surface area contributed by atoms with E-state index in [-0.39, 0.29) is 5.84 Å². The van der Waals surface area contributed by atoms with Crippen molar-refractivity contribution in [3.05, 3.63) is 42.0 Å². The lowest BCUT2D eigenvalue weighted by molar-refractivity contribution is 0.766. The van der Waals surface area contributed by atoms with Crippen molar-refractivity contribution >= 4 is 22.3 Å². The van der Waals surface area contributed by atoms with E-state index in [1.807, 2.05) is 12.1 Å². The van der Waals surface area contributed by atoms with Crippen LogP contribution >= 0.6 is 0 Å². The maximum atomic E-state index is 7.74. The van der Waals surface area contributed by atoms with Crippen molar-refractivity contribution in [2.45, 2.75) is 32.2 Å². The Labute approximate surface area is 119 Å². The van der Waals surface area contributed by atoms with E-state index in [1.54, 1.807) is 0 Å². The van der Waals surface area contributed by atoms with Gasteiger partial charge >= 0.3 is 0 Å². The van der Waals surface area contributed by atoms with Crippen LogP contribution in [0.15, 0.2) is 36.4 Å². The van der Waals surface area contributed by atoms with Gasteiger partial charge in [-0.2, -0.15) is 0 Å². The lowest BCUT2D eigenvalue weighted by atomic mass is 10.0. The first kappa shape index (κ1) is 13.0. The maximum Gasteiger partial charge on any atom is 0.123 e. The van der Waals surface area contributed by atoms with Crippen molar-refractivity contribution in [3.63, 3.8) is 0 Å². The zero-order valence-corrected chi connectivity index (χ0v) is 11.9. The summed E-state index contributed by atoms with van der Waals surface area (Å²) < 4.78 is 0. The Hall–Kier alpha value is -2.03. The molecule has 104 valence electrons. The summed E-state index contributed by atoms with van der Waals surface area (Å²) in [5, 5.41) is 10.0. The molecule has 3 heteroatoms. The molecule has 0 amide bonds. The number of benzene rings is 2. The van der Waals surface area contributed by atoms with Crippen LogP contribution in [0.25, 0.3) is 10.8 Å². The molecule has 0 aliphatic heterocycles. The molecule has 0 aromatic heterocycles. The molecule has 0 radical (unpaired) electrons. The second-order valence-corrected chi connectivity index (χ2v) is 5.52. The summed E-state index contributed by atoms with van der Waals surface area (Å²) >= 11 is 0. The molecule has 1 aliphatic rings. The Morgan fingerprint density at radius 2 is 1.90 bits per heavy atom. The number of amidine groups is 1. The van der Waals surface area contributed by atoms with Crippen LogP contribution in [0.4, 0.5) is 5.69 Å². The third-order valence-electron chi connectivity index (χ3n) is 3.95. The number of nitrogens with two attached hydrogens (primary N) is 1. The Kier molecular flexibility index (Phi) is 3.35. The average Bonchev–Trinajstić information content (AvgIpc) is 3.28. The Balaban J connectivity index is 2.16. The van der Waals surface area contributed by atoms with E-state index in [0.29, 0.717) is 6.04 Å². The summed E-state index contributed by atoms with van der Waals surface area (Å²) in [6, 6.07) is 13.1. The quantitative estimate of drug-likeness (QED) is 0.643. The molecule has 0 atom stereocenters. The fraction of sp³-hybridized carbons (Fsp3) is 0.353.